The van der Waals surface area contributed by atoms with Crippen LogP contribution in [-0.4, -0.2) is 16.8 Å². The SMILES string of the molecule is Cc1cc(C)c(C)c(C(O)CCO)c1C. The zero-order chi connectivity index (χ0) is 11.6. The zero-order valence-electron chi connectivity index (χ0n) is 9.96. The highest BCUT2D eigenvalue weighted by Crippen LogP contribution is 2.28. The highest BCUT2D eigenvalue weighted by atomic mass is 16.3. The van der Waals surface area contributed by atoms with Gasteiger partial charge in [-0.25, -0.2) is 0 Å². The molecule has 1 aromatic rings. The lowest BCUT2D eigenvalue weighted by molar-refractivity contribution is 0.133. The van der Waals surface area contributed by atoms with E-state index in [0.717, 1.165) is 16.7 Å². The third kappa shape index (κ3) is 2.39. The van der Waals surface area contributed by atoms with Crippen molar-refractivity contribution < 1.29 is 10.2 Å². The van der Waals surface area contributed by atoms with E-state index in [-0.39, 0.29) is 6.61 Å². The van der Waals surface area contributed by atoms with E-state index in [0.29, 0.717) is 6.42 Å². The fourth-order valence-electron chi connectivity index (χ4n) is 2.01. The van der Waals surface area contributed by atoms with Crippen molar-refractivity contribution in [1.29, 1.82) is 0 Å². The number of rotatable bonds is 3. The van der Waals surface area contributed by atoms with Crippen molar-refractivity contribution in [2.45, 2.75) is 40.2 Å². The monoisotopic (exact) mass is 208 g/mol. The van der Waals surface area contributed by atoms with Crippen LogP contribution in [0.3, 0.4) is 0 Å². The van der Waals surface area contributed by atoms with E-state index in [1.807, 2.05) is 13.8 Å². The summed E-state index contributed by atoms with van der Waals surface area (Å²) in [6.07, 6.45) is -0.140. The maximum atomic E-state index is 9.97. The average molecular weight is 208 g/mol. The molecule has 0 aliphatic heterocycles. The van der Waals surface area contributed by atoms with Crippen LogP contribution in [0.5, 0.6) is 0 Å². The van der Waals surface area contributed by atoms with Gasteiger partial charge in [-0.2, -0.15) is 0 Å². The molecule has 0 radical (unpaired) electrons. The van der Waals surface area contributed by atoms with E-state index in [9.17, 15) is 5.11 Å². The Balaban J connectivity index is 3.26. The summed E-state index contributed by atoms with van der Waals surface area (Å²) >= 11 is 0. The topological polar surface area (TPSA) is 40.5 Å². The number of hydrogen-bond donors (Lipinski definition) is 2. The molecule has 84 valence electrons. The van der Waals surface area contributed by atoms with Crippen LogP contribution >= 0.6 is 0 Å². The molecular weight excluding hydrogens is 188 g/mol. The second-order valence-electron chi connectivity index (χ2n) is 4.20. The minimum Gasteiger partial charge on any atom is -0.396 e. The lowest BCUT2D eigenvalue weighted by Crippen LogP contribution is -2.07. The third-order valence-electron chi connectivity index (χ3n) is 3.16. The molecule has 0 amide bonds. The first-order valence-corrected chi connectivity index (χ1v) is 5.35. The first-order chi connectivity index (χ1) is 6.99. The standard InChI is InChI=1S/C13H20O2/c1-8-7-9(2)11(4)13(10(8)3)12(15)5-6-14/h7,12,14-15H,5-6H2,1-4H3. The summed E-state index contributed by atoms with van der Waals surface area (Å²) in [5, 5.41) is 18.8. The molecule has 2 heteroatoms. The molecule has 1 rings (SSSR count). The van der Waals surface area contributed by atoms with Crippen molar-refractivity contribution >= 4 is 0 Å². The van der Waals surface area contributed by atoms with E-state index in [1.54, 1.807) is 0 Å². The van der Waals surface area contributed by atoms with Crippen LogP contribution in [-0.2, 0) is 0 Å². The van der Waals surface area contributed by atoms with E-state index in [4.69, 9.17) is 5.11 Å². The number of hydrogen-bond acceptors (Lipinski definition) is 2. The molecule has 1 aromatic carbocycles. The van der Waals surface area contributed by atoms with Gasteiger partial charge in [0.25, 0.3) is 0 Å². The minimum atomic E-state index is -0.548. The molecule has 0 aliphatic carbocycles. The Morgan fingerprint density at radius 2 is 1.53 bits per heavy atom. The summed E-state index contributed by atoms with van der Waals surface area (Å²) < 4.78 is 0. The van der Waals surface area contributed by atoms with Crippen molar-refractivity contribution in [3.63, 3.8) is 0 Å². The zero-order valence-corrected chi connectivity index (χ0v) is 9.96. The Morgan fingerprint density at radius 3 is 1.93 bits per heavy atom. The summed E-state index contributed by atoms with van der Waals surface area (Å²) in [6.45, 7) is 8.18. The Bertz CT molecular complexity index is 330. The van der Waals surface area contributed by atoms with Gasteiger partial charge >= 0.3 is 0 Å². The lowest BCUT2D eigenvalue weighted by atomic mass is 9.90. The van der Waals surface area contributed by atoms with Gasteiger partial charge in [-0.3, -0.25) is 0 Å². The van der Waals surface area contributed by atoms with Crippen LogP contribution in [0.1, 0.15) is 40.3 Å². The van der Waals surface area contributed by atoms with Crippen LogP contribution in [0.2, 0.25) is 0 Å². The van der Waals surface area contributed by atoms with Gasteiger partial charge in [-0.15, -0.1) is 0 Å². The van der Waals surface area contributed by atoms with Crippen molar-refractivity contribution in [2.24, 2.45) is 0 Å². The molecule has 0 saturated heterocycles. The molecule has 1 unspecified atom stereocenters. The lowest BCUT2D eigenvalue weighted by Gasteiger charge is -2.19. The second kappa shape index (κ2) is 4.77. The van der Waals surface area contributed by atoms with E-state index in [1.165, 1.54) is 11.1 Å². The molecule has 0 fully saturated rings. The van der Waals surface area contributed by atoms with Gasteiger partial charge < -0.3 is 10.2 Å². The Morgan fingerprint density at radius 1 is 1.07 bits per heavy atom. The highest BCUT2D eigenvalue weighted by Gasteiger charge is 2.15. The number of aliphatic hydroxyl groups excluding tert-OH is 2. The summed E-state index contributed by atoms with van der Waals surface area (Å²) in [6, 6.07) is 2.14. The van der Waals surface area contributed by atoms with Crippen molar-refractivity contribution in [3.05, 3.63) is 33.9 Å². The highest BCUT2D eigenvalue weighted by molar-refractivity contribution is 5.45. The fourth-order valence-corrected chi connectivity index (χ4v) is 2.01. The van der Waals surface area contributed by atoms with Crippen LogP contribution in [0.4, 0.5) is 0 Å². The molecule has 0 saturated carbocycles. The van der Waals surface area contributed by atoms with E-state index in [2.05, 4.69) is 19.9 Å². The first kappa shape index (κ1) is 12.2. The number of aryl methyl sites for hydroxylation is 2. The van der Waals surface area contributed by atoms with Crippen molar-refractivity contribution in [2.75, 3.05) is 6.61 Å². The van der Waals surface area contributed by atoms with Crippen LogP contribution in [0.15, 0.2) is 6.07 Å². The second-order valence-corrected chi connectivity index (χ2v) is 4.20. The maximum Gasteiger partial charge on any atom is 0.0817 e. The van der Waals surface area contributed by atoms with Gasteiger partial charge in [0.15, 0.2) is 0 Å². The molecule has 0 bridgehead atoms. The van der Waals surface area contributed by atoms with Crippen LogP contribution < -0.4 is 0 Å². The summed E-state index contributed by atoms with van der Waals surface area (Å²) in [5.74, 6) is 0. The average Bonchev–Trinajstić information content (AvgIpc) is 2.16. The number of aliphatic hydroxyl groups is 2. The largest absolute Gasteiger partial charge is 0.396 e. The molecule has 1 atom stereocenters. The third-order valence-corrected chi connectivity index (χ3v) is 3.16. The predicted octanol–water partition coefficient (Wildman–Crippen LogP) is 2.34. The molecule has 15 heavy (non-hydrogen) atoms. The Kier molecular flexibility index (Phi) is 3.89. The molecule has 0 spiro atoms. The van der Waals surface area contributed by atoms with Crippen molar-refractivity contribution in [1.82, 2.24) is 0 Å². The van der Waals surface area contributed by atoms with E-state index < -0.39 is 6.10 Å². The Labute approximate surface area is 91.6 Å². The molecule has 0 aromatic heterocycles. The van der Waals surface area contributed by atoms with Crippen molar-refractivity contribution in [3.8, 4) is 0 Å². The summed E-state index contributed by atoms with van der Waals surface area (Å²) in [4.78, 5) is 0. The molecule has 0 heterocycles. The predicted molar refractivity (Wildman–Crippen MR) is 62.1 cm³/mol. The molecule has 2 N–H and O–H groups in total. The minimum absolute atomic E-state index is 0.0209. The van der Waals surface area contributed by atoms with Gasteiger partial charge in [0.1, 0.15) is 0 Å². The number of benzene rings is 1. The molecule has 0 aliphatic rings. The fraction of sp³-hybridized carbons (Fsp3) is 0.538. The van der Waals surface area contributed by atoms with Gasteiger partial charge in [0, 0.05) is 13.0 Å². The summed E-state index contributed by atoms with van der Waals surface area (Å²) in [5.41, 5.74) is 5.66. The van der Waals surface area contributed by atoms with Gasteiger partial charge in [0.2, 0.25) is 0 Å². The Hall–Kier alpha value is -0.860. The normalized spacial score (nSPS) is 12.9. The smallest absolute Gasteiger partial charge is 0.0817 e. The quantitative estimate of drug-likeness (QED) is 0.800. The van der Waals surface area contributed by atoms with E-state index >= 15 is 0 Å². The summed E-state index contributed by atoms with van der Waals surface area (Å²) in [7, 11) is 0. The van der Waals surface area contributed by atoms with Gasteiger partial charge in [0.05, 0.1) is 6.10 Å². The van der Waals surface area contributed by atoms with Crippen LogP contribution in [0.25, 0.3) is 0 Å². The molecular formula is C13H20O2. The van der Waals surface area contributed by atoms with Gasteiger partial charge in [-0.1, -0.05) is 6.07 Å². The maximum absolute atomic E-state index is 9.97. The first-order valence-electron chi connectivity index (χ1n) is 5.35. The molecule has 2 nitrogen and oxygen atoms in total. The van der Waals surface area contributed by atoms with Crippen LogP contribution in [0, 0.1) is 27.7 Å². The van der Waals surface area contributed by atoms with Gasteiger partial charge in [-0.05, 0) is 55.5 Å².